The standard InChI is InChI=1S/C8H6Br2Cl2/c9-3-5-1-6(4-10)8(12)2-7(5)11/h1-2H,3-4H2. The highest BCUT2D eigenvalue weighted by Crippen LogP contribution is 2.28. The van der Waals surface area contributed by atoms with Crippen LogP contribution in [0.1, 0.15) is 11.1 Å². The highest BCUT2D eigenvalue weighted by atomic mass is 79.9. The molecule has 0 unspecified atom stereocenters. The Morgan fingerprint density at radius 1 is 0.917 bits per heavy atom. The third-order valence-electron chi connectivity index (χ3n) is 1.50. The average Bonchev–Trinajstić information content (AvgIpc) is 2.05. The Kier molecular flexibility index (Phi) is 4.38. The summed E-state index contributed by atoms with van der Waals surface area (Å²) in [5.41, 5.74) is 2.13. The second-order valence-corrected chi connectivity index (χ2v) is 4.24. The van der Waals surface area contributed by atoms with Crippen molar-refractivity contribution in [1.82, 2.24) is 0 Å². The molecule has 1 rings (SSSR count). The van der Waals surface area contributed by atoms with Gasteiger partial charge in [-0.25, -0.2) is 0 Å². The molecule has 0 atom stereocenters. The van der Waals surface area contributed by atoms with Crippen molar-refractivity contribution in [2.45, 2.75) is 10.7 Å². The molecule has 0 aliphatic carbocycles. The maximum Gasteiger partial charge on any atom is 0.0461 e. The van der Waals surface area contributed by atoms with E-state index in [0.717, 1.165) is 21.8 Å². The minimum Gasteiger partial charge on any atom is -0.0876 e. The van der Waals surface area contributed by atoms with Crippen molar-refractivity contribution in [2.75, 3.05) is 0 Å². The van der Waals surface area contributed by atoms with E-state index in [1.165, 1.54) is 0 Å². The van der Waals surface area contributed by atoms with Gasteiger partial charge in [0.05, 0.1) is 0 Å². The smallest absolute Gasteiger partial charge is 0.0461 e. The summed E-state index contributed by atoms with van der Waals surface area (Å²) < 4.78 is 0. The molecule has 0 saturated heterocycles. The number of halogens is 4. The van der Waals surface area contributed by atoms with Crippen LogP contribution in [0.2, 0.25) is 10.0 Å². The number of hydrogen-bond donors (Lipinski definition) is 0. The molecular formula is C8H6Br2Cl2. The Hall–Kier alpha value is 0.760. The Balaban J connectivity index is 3.18. The Bertz CT molecular complexity index is 261. The van der Waals surface area contributed by atoms with Gasteiger partial charge in [0, 0.05) is 20.7 Å². The van der Waals surface area contributed by atoms with Crippen molar-refractivity contribution in [3.8, 4) is 0 Å². The number of hydrogen-bond acceptors (Lipinski definition) is 0. The minimum atomic E-state index is 0.710. The fraction of sp³-hybridized carbons (Fsp3) is 0.250. The predicted molar refractivity (Wildman–Crippen MR) is 61.7 cm³/mol. The van der Waals surface area contributed by atoms with Crippen LogP contribution in [-0.4, -0.2) is 0 Å². The van der Waals surface area contributed by atoms with E-state index in [4.69, 9.17) is 23.2 Å². The van der Waals surface area contributed by atoms with E-state index in [9.17, 15) is 0 Å². The molecule has 1 aromatic carbocycles. The first-order valence-electron chi connectivity index (χ1n) is 3.27. The lowest BCUT2D eigenvalue weighted by molar-refractivity contribution is 1.35. The van der Waals surface area contributed by atoms with E-state index in [1.807, 2.05) is 6.07 Å². The zero-order chi connectivity index (χ0) is 9.14. The summed E-state index contributed by atoms with van der Waals surface area (Å²) >= 11 is 18.6. The fourth-order valence-electron chi connectivity index (χ4n) is 0.850. The second kappa shape index (κ2) is 4.85. The zero-order valence-electron chi connectivity index (χ0n) is 6.08. The van der Waals surface area contributed by atoms with E-state index in [2.05, 4.69) is 31.9 Å². The second-order valence-electron chi connectivity index (χ2n) is 2.30. The quantitative estimate of drug-likeness (QED) is 0.683. The maximum atomic E-state index is 5.93. The zero-order valence-corrected chi connectivity index (χ0v) is 10.8. The molecule has 0 amide bonds. The number of rotatable bonds is 2. The van der Waals surface area contributed by atoms with E-state index in [0.29, 0.717) is 10.0 Å². The van der Waals surface area contributed by atoms with Crippen molar-refractivity contribution in [1.29, 1.82) is 0 Å². The van der Waals surface area contributed by atoms with Crippen LogP contribution in [0.3, 0.4) is 0 Å². The third-order valence-corrected chi connectivity index (χ3v) is 3.42. The molecule has 0 aromatic heterocycles. The SMILES string of the molecule is Clc1cc(Cl)c(CBr)cc1CBr. The summed E-state index contributed by atoms with van der Waals surface area (Å²) in [6, 6.07) is 3.77. The molecule has 0 nitrogen and oxygen atoms in total. The highest BCUT2D eigenvalue weighted by Gasteiger charge is 2.04. The topological polar surface area (TPSA) is 0 Å². The maximum absolute atomic E-state index is 5.93. The van der Waals surface area contributed by atoms with Crippen LogP contribution in [0.4, 0.5) is 0 Å². The summed E-state index contributed by atoms with van der Waals surface area (Å²) in [4.78, 5) is 0. The van der Waals surface area contributed by atoms with Crippen LogP contribution in [0, 0.1) is 0 Å². The lowest BCUT2D eigenvalue weighted by atomic mass is 10.2. The van der Waals surface area contributed by atoms with Crippen molar-refractivity contribution < 1.29 is 0 Å². The largest absolute Gasteiger partial charge is 0.0876 e. The molecular weight excluding hydrogens is 327 g/mol. The van der Waals surface area contributed by atoms with Gasteiger partial charge < -0.3 is 0 Å². The molecule has 66 valence electrons. The monoisotopic (exact) mass is 330 g/mol. The summed E-state index contributed by atoms with van der Waals surface area (Å²) in [6.45, 7) is 0. The van der Waals surface area contributed by atoms with Gasteiger partial charge in [-0.3, -0.25) is 0 Å². The lowest BCUT2D eigenvalue weighted by Gasteiger charge is -2.05. The first kappa shape index (κ1) is 10.8. The highest BCUT2D eigenvalue weighted by molar-refractivity contribution is 9.08. The van der Waals surface area contributed by atoms with Crippen molar-refractivity contribution in [3.05, 3.63) is 33.3 Å². The van der Waals surface area contributed by atoms with Gasteiger partial charge in [0.2, 0.25) is 0 Å². The molecule has 1 aromatic rings. The Morgan fingerprint density at radius 3 is 1.67 bits per heavy atom. The van der Waals surface area contributed by atoms with Crippen LogP contribution < -0.4 is 0 Å². The molecule has 0 heterocycles. The Morgan fingerprint density at radius 2 is 1.33 bits per heavy atom. The van der Waals surface area contributed by atoms with Gasteiger partial charge in [0.25, 0.3) is 0 Å². The van der Waals surface area contributed by atoms with E-state index < -0.39 is 0 Å². The first-order chi connectivity index (χ1) is 5.69. The Labute approximate surface area is 98.5 Å². The van der Waals surface area contributed by atoms with Crippen molar-refractivity contribution in [2.24, 2.45) is 0 Å². The normalized spacial score (nSPS) is 10.3. The summed E-state index contributed by atoms with van der Waals surface area (Å²) in [5.74, 6) is 0. The summed E-state index contributed by atoms with van der Waals surface area (Å²) in [5, 5.41) is 2.93. The molecule has 0 spiro atoms. The lowest BCUT2D eigenvalue weighted by Crippen LogP contribution is -1.86. The van der Waals surface area contributed by atoms with Gasteiger partial charge >= 0.3 is 0 Å². The first-order valence-corrected chi connectivity index (χ1v) is 6.27. The molecule has 0 saturated carbocycles. The number of alkyl halides is 2. The molecule has 0 radical (unpaired) electrons. The van der Waals surface area contributed by atoms with Gasteiger partial charge in [-0.15, -0.1) is 0 Å². The molecule has 0 fully saturated rings. The summed E-state index contributed by atoms with van der Waals surface area (Å²) in [6.07, 6.45) is 0. The molecule has 12 heavy (non-hydrogen) atoms. The van der Waals surface area contributed by atoms with Crippen LogP contribution in [0.15, 0.2) is 12.1 Å². The minimum absolute atomic E-state index is 0.710. The van der Waals surface area contributed by atoms with Crippen molar-refractivity contribution >= 4 is 55.1 Å². The van der Waals surface area contributed by atoms with Gasteiger partial charge in [-0.2, -0.15) is 0 Å². The van der Waals surface area contributed by atoms with E-state index in [1.54, 1.807) is 6.07 Å². The van der Waals surface area contributed by atoms with E-state index in [-0.39, 0.29) is 0 Å². The average molecular weight is 333 g/mol. The fourth-order valence-corrected chi connectivity index (χ4v) is 2.62. The summed E-state index contributed by atoms with van der Waals surface area (Å²) in [7, 11) is 0. The van der Waals surface area contributed by atoms with Crippen molar-refractivity contribution in [3.63, 3.8) is 0 Å². The van der Waals surface area contributed by atoms with Gasteiger partial charge in [-0.1, -0.05) is 61.1 Å². The van der Waals surface area contributed by atoms with Gasteiger partial charge in [0.1, 0.15) is 0 Å². The molecule has 4 heteroatoms. The van der Waals surface area contributed by atoms with Crippen LogP contribution in [0.25, 0.3) is 0 Å². The molecule has 0 aliphatic heterocycles. The van der Waals surface area contributed by atoms with Crippen LogP contribution in [-0.2, 0) is 10.7 Å². The van der Waals surface area contributed by atoms with Crippen LogP contribution in [0.5, 0.6) is 0 Å². The molecule has 0 bridgehead atoms. The third kappa shape index (κ3) is 2.38. The van der Waals surface area contributed by atoms with Gasteiger partial charge in [0.15, 0.2) is 0 Å². The van der Waals surface area contributed by atoms with Crippen LogP contribution >= 0.6 is 55.1 Å². The number of benzene rings is 1. The van der Waals surface area contributed by atoms with Gasteiger partial charge in [-0.05, 0) is 17.2 Å². The predicted octanol–water partition coefficient (Wildman–Crippen LogP) is 4.78. The molecule has 0 aliphatic rings. The molecule has 0 N–H and O–H groups in total. The van der Waals surface area contributed by atoms with E-state index >= 15 is 0 Å².